The van der Waals surface area contributed by atoms with E-state index in [1.807, 2.05) is 24.3 Å². The number of fused-ring (bicyclic) bond motifs is 1. The second-order valence-electron chi connectivity index (χ2n) is 9.55. The van der Waals surface area contributed by atoms with Crippen LogP contribution in [0.15, 0.2) is 71.6 Å². The Labute approximate surface area is 217 Å². The number of sulfonamides is 1. The molecule has 0 saturated heterocycles. The van der Waals surface area contributed by atoms with Gasteiger partial charge in [0.2, 0.25) is 21.8 Å². The van der Waals surface area contributed by atoms with Crippen molar-refractivity contribution in [2.24, 2.45) is 0 Å². The number of nitrogens with zero attached hydrogens (tertiary/aromatic N) is 2. The number of amides is 2. The molecule has 2 amide bonds. The number of benzene rings is 3. The van der Waals surface area contributed by atoms with E-state index in [1.165, 1.54) is 24.1 Å². The molecule has 1 aliphatic carbocycles. The van der Waals surface area contributed by atoms with Gasteiger partial charge in [0.25, 0.3) is 0 Å². The lowest BCUT2D eigenvalue weighted by Gasteiger charge is -2.31. The third-order valence-electron chi connectivity index (χ3n) is 6.95. The van der Waals surface area contributed by atoms with Gasteiger partial charge in [-0.25, -0.2) is 12.8 Å². The van der Waals surface area contributed by atoms with Gasteiger partial charge in [-0.15, -0.1) is 0 Å². The zero-order valence-corrected chi connectivity index (χ0v) is 21.9. The van der Waals surface area contributed by atoms with Crippen molar-refractivity contribution in [2.45, 2.75) is 56.1 Å². The van der Waals surface area contributed by atoms with Crippen molar-refractivity contribution in [1.29, 1.82) is 0 Å². The summed E-state index contributed by atoms with van der Waals surface area (Å²) in [5.74, 6) is -1.43. The van der Waals surface area contributed by atoms with Gasteiger partial charge >= 0.3 is 0 Å². The average Bonchev–Trinajstić information content (AvgIpc) is 3.40. The van der Waals surface area contributed by atoms with Gasteiger partial charge in [-0.05, 0) is 48.7 Å². The van der Waals surface area contributed by atoms with Crippen LogP contribution in [-0.4, -0.2) is 55.1 Å². The molecule has 1 atom stereocenters. The topological polar surface area (TPSA) is 86.8 Å². The van der Waals surface area contributed by atoms with E-state index in [-0.39, 0.29) is 29.0 Å². The minimum atomic E-state index is -3.99. The van der Waals surface area contributed by atoms with E-state index in [0.717, 1.165) is 40.8 Å². The molecular formula is C28H32FN3O4S. The number of carbonyl (C=O) groups excluding carboxylic acids is 2. The molecule has 7 nitrogen and oxygen atoms in total. The molecule has 1 saturated carbocycles. The highest BCUT2D eigenvalue weighted by molar-refractivity contribution is 7.89. The largest absolute Gasteiger partial charge is 0.352 e. The summed E-state index contributed by atoms with van der Waals surface area (Å²) in [6, 6.07) is 17.4. The van der Waals surface area contributed by atoms with Crippen LogP contribution in [0, 0.1) is 5.82 Å². The van der Waals surface area contributed by atoms with Crippen LogP contribution in [0.4, 0.5) is 4.39 Å². The second kappa shape index (κ2) is 11.4. The summed E-state index contributed by atoms with van der Waals surface area (Å²) in [6.07, 6.45) is 3.84. The first-order valence-electron chi connectivity index (χ1n) is 12.4. The summed E-state index contributed by atoms with van der Waals surface area (Å²) in [7, 11) is -2.67. The zero-order valence-electron chi connectivity index (χ0n) is 21.1. The van der Waals surface area contributed by atoms with E-state index in [2.05, 4.69) is 5.32 Å². The van der Waals surface area contributed by atoms with Crippen LogP contribution in [0.3, 0.4) is 0 Å². The molecule has 1 fully saturated rings. The molecule has 0 aliphatic heterocycles. The van der Waals surface area contributed by atoms with Crippen LogP contribution in [0.1, 0.15) is 38.2 Å². The summed E-state index contributed by atoms with van der Waals surface area (Å²) in [5.41, 5.74) is 0.247. The molecule has 1 aliphatic rings. The van der Waals surface area contributed by atoms with E-state index >= 15 is 0 Å². The van der Waals surface area contributed by atoms with Crippen molar-refractivity contribution in [3.05, 3.63) is 78.1 Å². The van der Waals surface area contributed by atoms with Crippen LogP contribution in [0.25, 0.3) is 10.8 Å². The predicted octanol–water partition coefficient (Wildman–Crippen LogP) is 4.08. The summed E-state index contributed by atoms with van der Waals surface area (Å²) in [4.78, 5) is 27.8. The molecule has 37 heavy (non-hydrogen) atoms. The third kappa shape index (κ3) is 6.17. The quantitative estimate of drug-likeness (QED) is 0.456. The lowest BCUT2D eigenvalue weighted by Crippen LogP contribution is -2.52. The van der Waals surface area contributed by atoms with E-state index in [0.29, 0.717) is 0 Å². The molecule has 0 heterocycles. The maximum atomic E-state index is 14.5. The van der Waals surface area contributed by atoms with Gasteiger partial charge in [-0.3, -0.25) is 9.59 Å². The fraction of sp³-hybridized carbons (Fsp3) is 0.357. The maximum Gasteiger partial charge on any atom is 0.243 e. The third-order valence-corrected chi connectivity index (χ3v) is 8.75. The fourth-order valence-electron chi connectivity index (χ4n) is 4.66. The number of hydrogen-bond acceptors (Lipinski definition) is 4. The maximum absolute atomic E-state index is 14.5. The lowest BCUT2D eigenvalue weighted by atomic mass is 10.1. The number of nitrogens with one attached hydrogen (secondary N) is 1. The monoisotopic (exact) mass is 525 g/mol. The summed E-state index contributed by atoms with van der Waals surface area (Å²) in [5, 5.41) is 4.65. The predicted molar refractivity (Wildman–Crippen MR) is 141 cm³/mol. The van der Waals surface area contributed by atoms with Crippen LogP contribution >= 0.6 is 0 Å². The average molecular weight is 526 g/mol. The Balaban J connectivity index is 1.55. The fourth-order valence-corrected chi connectivity index (χ4v) is 5.81. The van der Waals surface area contributed by atoms with Crippen LogP contribution < -0.4 is 5.32 Å². The number of halogens is 1. The van der Waals surface area contributed by atoms with Gasteiger partial charge in [-0.1, -0.05) is 61.4 Å². The van der Waals surface area contributed by atoms with Gasteiger partial charge in [0.05, 0.1) is 11.4 Å². The standard InChI is InChI=1S/C28H32FN3O4S/c1-20(28(34)30-24-12-6-7-13-24)32(18-23-11-5-8-14-26(23)29)27(33)19-31(2)37(35,36)25-16-15-21-9-3-4-10-22(21)17-25/h3-5,8-11,14-17,20,24H,6-7,12-13,18-19H2,1-2H3,(H,30,34)/t20-/m0/s1. The Kier molecular flexibility index (Phi) is 8.24. The minimum Gasteiger partial charge on any atom is -0.352 e. The molecule has 0 aromatic heterocycles. The Morgan fingerprint density at radius 1 is 1.00 bits per heavy atom. The molecule has 4 rings (SSSR count). The van der Waals surface area contributed by atoms with Gasteiger partial charge in [0, 0.05) is 25.2 Å². The van der Waals surface area contributed by atoms with Crippen molar-refractivity contribution >= 4 is 32.6 Å². The SMILES string of the molecule is C[C@@H](C(=O)NC1CCCC1)N(Cc1ccccc1F)C(=O)CN(C)S(=O)(=O)c1ccc2ccccc2c1. The molecule has 0 unspecified atom stereocenters. The Morgan fingerprint density at radius 2 is 1.65 bits per heavy atom. The molecular weight excluding hydrogens is 493 g/mol. The second-order valence-corrected chi connectivity index (χ2v) is 11.6. The number of hydrogen-bond donors (Lipinski definition) is 1. The van der Waals surface area contributed by atoms with Crippen molar-refractivity contribution in [3.8, 4) is 0 Å². The highest BCUT2D eigenvalue weighted by Gasteiger charge is 2.32. The summed E-state index contributed by atoms with van der Waals surface area (Å²) < 4.78 is 42.0. The molecule has 3 aromatic carbocycles. The normalized spacial score (nSPS) is 15.1. The first-order chi connectivity index (χ1) is 17.7. The number of rotatable bonds is 9. The minimum absolute atomic E-state index is 0.0521. The first kappa shape index (κ1) is 26.8. The smallest absolute Gasteiger partial charge is 0.243 e. The molecule has 0 radical (unpaired) electrons. The van der Waals surface area contributed by atoms with Crippen molar-refractivity contribution in [2.75, 3.05) is 13.6 Å². The Morgan fingerprint density at radius 3 is 2.35 bits per heavy atom. The van der Waals surface area contributed by atoms with E-state index in [1.54, 1.807) is 37.3 Å². The van der Waals surface area contributed by atoms with E-state index < -0.39 is 34.3 Å². The first-order valence-corrected chi connectivity index (χ1v) is 13.9. The highest BCUT2D eigenvalue weighted by Crippen LogP contribution is 2.22. The van der Waals surface area contributed by atoms with E-state index in [4.69, 9.17) is 0 Å². The van der Waals surface area contributed by atoms with E-state index in [9.17, 15) is 22.4 Å². The van der Waals surface area contributed by atoms with Gasteiger partial charge in [0.1, 0.15) is 11.9 Å². The summed E-state index contributed by atoms with van der Waals surface area (Å²) >= 11 is 0. The van der Waals surface area contributed by atoms with Crippen LogP contribution in [0.5, 0.6) is 0 Å². The molecule has 196 valence electrons. The molecule has 9 heteroatoms. The molecule has 0 spiro atoms. The summed E-state index contributed by atoms with van der Waals surface area (Å²) in [6.45, 7) is 0.931. The highest BCUT2D eigenvalue weighted by atomic mass is 32.2. The van der Waals surface area contributed by atoms with Crippen molar-refractivity contribution < 1.29 is 22.4 Å². The van der Waals surface area contributed by atoms with Crippen molar-refractivity contribution in [1.82, 2.24) is 14.5 Å². The van der Waals surface area contributed by atoms with Crippen LogP contribution in [-0.2, 0) is 26.2 Å². The van der Waals surface area contributed by atoms with Gasteiger partial charge < -0.3 is 10.2 Å². The number of carbonyl (C=O) groups is 2. The Hall–Kier alpha value is -3.30. The molecule has 3 aromatic rings. The molecule has 0 bridgehead atoms. The van der Waals surface area contributed by atoms with Crippen LogP contribution in [0.2, 0.25) is 0 Å². The Bertz CT molecular complexity index is 1390. The number of likely N-dealkylation sites (N-methyl/N-ethyl adjacent to an activating group) is 1. The lowest BCUT2D eigenvalue weighted by molar-refractivity contribution is -0.140. The molecule has 1 N–H and O–H groups in total. The zero-order chi connectivity index (χ0) is 26.6. The van der Waals surface area contributed by atoms with Gasteiger partial charge in [-0.2, -0.15) is 4.31 Å². The van der Waals surface area contributed by atoms with Gasteiger partial charge in [0.15, 0.2) is 0 Å². The van der Waals surface area contributed by atoms with Crippen molar-refractivity contribution in [3.63, 3.8) is 0 Å².